The molecule has 0 spiro atoms. The average molecular weight is 386 g/mol. The zero-order valence-electron chi connectivity index (χ0n) is 16.3. The highest BCUT2D eigenvalue weighted by Crippen LogP contribution is 2.17. The molecule has 0 saturated heterocycles. The number of nitrogens with one attached hydrogen (secondary N) is 3. The van der Waals surface area contributed by atoms with Crippen LogP contribution in [0.1, 0.15) is 18.1 Å². The van der Waals surface area contributed by atoms with Crippen molar-refractivity contribution in [2.75, 3.05) is 26.7 Å². The second-order valence-corrected chi connectivity index (χ2v) is 6.05. The topological polar surface area (TPSA) is 74.8 Å². The lowest BCUT2D eigenvalue weighted by atomic mass is 10.1. The number of halogens is 1. The summed E-state index contributed by atoms with van der Waals surface area (Å²) in [5, 5.41) is 9.17. The zero-order valence-corrected chi connectivity index (χ0v) is 16.3. The van der Waals surface area contributed by atoms with Crippen molar-refractivity contribution in [2.45, 2.75) is 19.9 Å². The van der Waals surface area contributed by atoms with Crippen LogP contribution in [-0.4, -0.2) is 38.6 Å². The van der Waals surface area contributed by atoms with Crippen LogP contribution in [0.25, 0.3) is 0 Å². The van der Waals surface area contributed by atoms with Crippen LogP contribution in [0.15, 0.2) is 53.5 Å². The summed E-state index contributed by atoms with van der Waals surface area (Å²) < 4.78 is 18.8. The van der Waals surface area contributed by atoms with Gasteiger partial charge in [-0.25, -0.2) is 4.39 Å². The van der Waals surface area contributed by atoms with Gasteiger partial charge in [-0.2, -0.15) is 0 Å². The fraction of sp³-hybridized carbons (Fsp3) is 0.333. The maximum atomic E-state index is 13.1. The Morgan fingerprint density at radius 3 is 2.61 bits per heavy atom. The quantitative estimate of drug-likeness (QED) is 0.351. The van der Waals surface area contributed by atoms with Crippen LogP contribution < -0.4 is 20.7 Å². The van der Waals surface area contributed by atoms with E-state index in [-0.39, 0.29) is 18.1 Å². The molecule has 0 aliphatic heterocycles. The fourth-order valence-corrected chi connectivity index (χ4v) is 2.62. The molecular formula is C21H27FN4O2. The Hall–Kier alpha value is -3.09. The molecule has 7 heteroatoms. The summed E-state index contributed by atoms with van der Waals surface area (Å²) in [6.07, 6.45) is 0.152. The smallest absolute Gasteiger partial charge is 0.224 e. The van der Waals surface area contributed by atoms with E-state index in [4.69, 9.17) is 4.74 Å². The number of ether oxygens (including phenoxy) is 1. The van der Waals surface area contributed by atoms with Crippen LogP contribution in [0.4, 0.5) is 4.39 Å². The number of amides is 1. The molecule has 0 aromatic heterocycles. The molecule has 0 aliphatic carbocycles. The monoisotopic (exact) mass is 386 g/mol. The van der Waals surface area contributed by atoms with Crippen molar-refractivity contribution < 1.29 is 13.9 Å². The molecule has 2 aromatic rings. The van der Waals surface area contributed by atoms with E-state index in [9.17, 15) is 9.18 Å². The molecule has 6 nitrogen and oxygen atoms in total. The molecule has 28 heavy (non-hydrogen) atoms. The largest absolute Gasteiger partial charge is 0.494 e. The second-order valence-electron chi connectivity index (χ2n) is 6.05. The molecule has 3 N–H and O–H groups in total. The Kier molecular flexibility index (Phi) is 8.78. The summed E-state index contributed by atoms with van der Waals surface area (Å²) in [7, 11) is 1.69. The van der Waals surface area contributed by atoms with Gasteiger partial charge in [0.15, 0.2) is 5.96 Å². The highest BCUT2D eigenvalue weighted by Gasteiger charge is 2.05. The minimum atomic E-state index is -0.340. The maximum Gasteiger partial charge on any atom is 0.224 e. The van der Waals surface area contributed by atoms with Crippen molar-refractivity contribution in [1.29, 1.82) is 0 Å². The molecule has 150 valence electrons. The molecule has 0 bridgehead atoms. The molecule has 0 atom stereocenters. The van der Waals surface area contributed by atoms with Crippen LogP contribution >= 0.6 is 0 Å². The highest BCUT2D eigenvalue weighted by molar-refractivity contribution is 5.80. The van der Waals surface area contributed by atoms with Gasteiger partial charge >= 0.3 is 0 Å². The standard InChI is InChI=1S/C21H27FN4O2/c1-3-28-19-10-5-4-8-17(19)15-26-21(23-2)25-12-11-24-20(27)14-16-7-6-9-18(22)13-16/h4-10,13H,3,11-12,14-15H2,1-2H3,(H,24,27)(H2,23,25,26). The van der Waals surface area contributed by atoms with Crippen molar-refractivity contribution >= 4 is 11.9 Å². The van der Waals surface area contributed by atoms with Gasteiger partial charge in [0, 0.05) is 32.2 Å². The lowest BCUT2D eigenvalue weighted by molar-refractivity contribution is -0.120. The number of nitrogens with zero attached hydrogens (tertiary/aromatic N) is 1. The van der Waals surface area contributed by atoms with Crippen molar-refractivity contribution in [3.8, 4) is 5.75 Å². The third kappa shape index (κ3) is 7.26. The van der Waals surface area contributed by atoms with Gasteiger partial charge in [0.2, 0.25) is 5.91 Å². The molecule has 0 radical (unpaired) electrons. The molecule has 0 saturated carbocycles. The number of hydrogen-bond acceptors (Lipinski definition) is 3. The third-order valence-electron chi connectivity index (χ3n) is 3.94. The molecule has 0 unspecified atom stereocenters. The summed E-state index contributed by atoms with van der Waals surface area (Å²) in [6.45, 7) is 4.08. The van der Waals surface area contributed by atoms with Gasteiger partial charge in [0.05, 0.1) is 13.0 Å². The molecule has 0 heterocycles. The molecule has 2 aromatic carbocycles. The van der Waals surface area contributed by atoms with E-state index < -0.39 is 0 Å². The Bertz CT molecular complexity index is 795. The first-order valence-electron chi connectivity index (χ1n) is 9.28. The van der Waals surface area contributed by atoms with E-state index in [0.717, 1.165) is 11.3 Å². The number of hydrogen-bond donors (Lipinski definition) is 3. The first-order chi connectivity index (χ1) is 13.6. The molecule has 0 fully saturated rings. The van der Waals surface area contributed by atoms with E-state index >= 15 is 0 Å². The summed E-state index contributed by atoms with van der Waals surface area (Å²) in [5.74, 6) is 0.983. The van der Waals surface area contributed by atoms with Crippen molar-refractivity contribution in [3.05, 3.63) is 65.5 Å². The van der Waals surface area contributed by atoms with E-state index in [1.165, 1.54) is 12.1 Å². The average Bonchev–Trinajstić information content (AvgIpc) is 2.69. The van der Waals surface area contributed by atoms with Gasteiger partial charge in [-0.3, -0.25) is 9.79 Å². The maximum absolute atomic E-state index is 13.1. The zero-order chi connectivity index (χ0) is 20.2. The first kappa shape index (κ1) is 21.2. The Labute approximate surface area is 165 Å². The summed E-state index contributed by atoms with van der Waals surface area (Å²) >= 11 is 0. The number of carbonyl (C=O) groups is 1. The van der Waals surface area contributed by atoms with Crippen LogP contribution in [0.2, 0.25) is 0 Å². The Balaban J connectivity index is 1.70. The Morgan fingerprint density at radius 1 is 1.07 bits per heavy atom. The van der Waals surface area contributed by atoms with Gasteiger partial charge in [-0.05, 0) is 30.7 Å². The number of para-hydroxylation sites is 1. The summed E-state index contributed by atoms with van der Waals surface area (Å²) in [6, 6.07) is 13.9. The van der Waals surface area contributed by atoms with Crippen molar-refractivity contribution in [1.82, 2.24) is 16.0 Å². The minimum Gasteiger partial charge on any atom is -0.494 e. The first-order valence-corrected chi connectivity index (χ1v) is 9.28. The summed E-state index contributed by atoms with van der Waals surface area (Å²) in [5.41, 5.74) is 1.69. The SMILES string of the molecule is CCOc1ccccc1CNC(=NC)NCCNC(=O)Cc1cccc(F)c1. The molecule has 2 rings (SSSR count). The second kappa shape index (κ2) is 11.6. The van der Waals surface area contributed by atoms with Gasteiger partial charge < -0.3 is 20.7 Å². The van der Waals surface area contributed by atoms with Crippen molar-refractivity contribution in [2.24, 2.45) is 4.99 Å². The van der Waals surface area contributed by atoms with Crippen LogP contribution in [0.3, 0.4) is 0 Å². The molecule has 0 aliphatic rings. The van der Waals surface area contributed by atoms with Gasteiger partial charge in [0.25, 0.3) is 0 Å². The third-order valence-corrected chi connectivity index (χ3v) is 3.94. The summed E-state index contributed by atoms with van der Waals surface area (Å²) in [4.78, 5) is 16.1. The number of rotatable bonds is 9. The number of carbonyl (C=O) groups excluding carboxylic acids is 1. The van der Waals surface area contributed by atoms with Crippen LogP contribution in [-0.2, 0) is 17.8 Å². The number of guanidine groups is 1. The van der Waals surface area contributed by atoms with E-state index in [1.54, 1.807) is 19.2 Å². The molecule has 1 amide bonds. The van der Waals surface area contributed by atoms with E-state index in [1.807, 2.05) is 31.2 Å². The predicted molar refractivity (Wildman–Crippen MR) is 109 cm³/mol. The predicted octanol–water partition coefficient (Wildman–Crippen LogP) is 2.25. The van der Waals surface area contributed by atoms with Crippen molar-refractivity contribution in [3.63, 3.8) is 0 Å². The van der Waals surface area contributed by atoms with Gasteiger partial charge in [0.1, 0.15) is 11.6 Å². The van der Waals surface area contributed by atoms with E-state index in [2.05, 4.69) is 20.9 Å². The van der Waals surface area contributed by atoms with E-state index in [0.29, 0.717) is 37.8 Å². The van der Waals surface area contributed by atoms with Crippen LogP contribution in [0.5, 0.6) is 5.75 Å². The van der Waals surface area contributed by atoms with Gasteiger partial charge in [-0.1, -0.05) is 30.3 Å². The fourth-order valence-electron chi connectivity index (χ4n) is 2.62. The van der Waals surface area contributed by atoms with Gasteiger partial charge in [-0.15, -0.1) is 0 Å². The highest BCUT2D eigenvalue weighted by atomic mass is 19.1. The normalized spacial score (nSPS) is 11.0. The number of benzene rings is 2. The minimum absolute atomic E-state index is 0.152. The Morgan fingerprint density at radius 2 is 1.86 bits per heavy atom. The van der Waals surface area contributed by atoms with Crippen LogP contribution in [0, 0.1) is 5.82 Å². The lowest BCUT2D eigenvalue weighted by Crippen LogP contribution is -2.41. The molecular weight excluding hydrogens is 359 g/mol. The lowest BCUT2D eigenvalue weighted by Gasteiger charge is -2.14. The number of aliphatic imine (C=N–C) groups is 1.